The first-order valence-electron chi connectivity index (χ1n) is 10.8. The Morgan fingerprint density at radius 3 is 2.35 bits per heavy atom. The van der Waals surface area contributed by atoms with Gasteiger partial charge in [0.1, 0.15) is 11.9 Å². The number of halogens is 1. The molecular formula is C24H22FN5O3S. The van der Waals surface area contributed by atoms with E-state index >= 15 is 0 Å². The minimum atomic E-state index is -3.75. The van der Waals surface area contributed by atoms with Crippen molar-refractivity contribution in [1.82, 2.24) is 15.0 Å². The highest BCUT2D eigenvalue weighted by molar-refractivity contribution is 7.89. The lowest BCUT2D eigenvalue weighted by Crippen LogP contribution is -2.13. The van der Waals surface area contributed by atoms with Crippen molar-refractivity contribution in [1.29, 1.82) is 0 Å². The van der Waals surface area contributed by atoms with Crippen LogP contribution in [0.15, 0.2) is 65.6 Å². The molecule has 4 aromatic rings. The van der Waals surface area contributed by atoms with Gasteiger partial charge in [0.05, 0.1) is 22.1 Å². The summed E-state index contributed by atoms with van der Waals surface area (Å²) in [4.78, 5) is 13.9. The van der Waals surface area contributed by atoms with Crippen LogP contribution in [0.3, 0.4) is 0 Å². The third kappa shape index (κ3) is 4.82. The molecule has 1 saturated carbocycles. The SMILES string of the molecule is CC(Nc1nc(OC2CC2)c2nc(-c3ccc(F)cc3)ccc2n1)c1ccc(S(N)(=O)=O)cc1. The van der Waals surface area contributed by atoms with Crippen molar-refractivity contribution < 1.29 is 17.5 Å². The summed E-state index contributed by atoms with van der Waals surface area (Å²) in [5.41, 5.74) is 3.42. The van der Waals surface area contributed by atoms with Gasteiger partial charge >= 0.3 is 0 Å². The Balaban J connectivity index is 1.46. The summed E-state index contributed by atoms with van der Waals surface area (Å²) < 4.78 is 42.3. The van der Waals surface area contributed by atoms with E-state index in [0.29, 0.717) is 28.6 Å². The summed E-state index contributed by atoms with van der Waals surface area (Å²) in [6.45, 7) is 1.91. The van der Waals surface area contributed by atoms with Gasteiger partial charge in [0, 0.05) is 5.56 Å². The maximum absolute atomic E-state index is 13.3. The monoisotopic (exact) mass is 479 g/mol. The Morgan fingerprint density at radius 1 is 1.00 bits per heavy atom. The molecule has 0 amide bonds. The van der Waals surface area contributed by atoms with Crippen LogP contribution in [-0.4, -0.2) is 29.5 Å². The van der Waals surface area contributed by atoms with Crippen LogP contribution in [0.25, 0.3) is 22.3 Å². The van der Waals surface area contributed by atoms with Gasteiger partial charge in [0.15, 0.2) is 5.52 Å². The summed E-state index contributed by atoms with van der Waals surface area (Å²) in [6.07, 6.45) is 2.02. The molecule has 1 aliphatic carbocycles. The first kappa shape index (κ1) is 22.2. The number of pyridine rings is 1. The maximum Gasteiger partial charge on any atom is 0.245 e. The number of benzene rings is 2. The van der Waals surface area contributed by atoms with Crippen molar-refractivity contribution in [3.05, 3.63) is 72.0 Å². The second-order valence-corrected chi connectivity index (χ2v) is 9.78. The lowest BCUT2D eigenvalue weighted by molar-refractivity contribution is 0.294. The van der Waals surface area contributed by atoms with Gasteiger partial charge in [-0.05, 0) is 73.9 Å². The summed E-state index contributed by atoms with van der Waals surface area (Å²) in [6, 6.07) is 15.9. The number of hydrogen-bond acceptors (Lipinski definition) is 7. The Bertz CT molecular complexity index is 1460. The fourth-order valence-corrected chi connectivity index (χ4v) is 4.00. The van der Waals surface area contributed by atoms with E-state index in [-0.39, 0.29) is 22.9 Å². The number of nitrogens with two attached hydrogens (primary N) is 1. The molecule has 2 aromatic carbocycles. The molecule has 0 saturated heterocycles. The van der Waals surface area contributed by atoms with Crippen LogP contribution in [-0.2, 0) is 10.0 Å². The number of ether oxygens (including phenoxy) is 1. The number of primary sulfonamides is 1. The van der Waals surface area contributed by atoms with Crippen molar-refractivity contribution in [3.8, 4) is 17.1 Å². The number of aromatic nitrogens is 3. The molecule has 3 N–H and O–H groups in total. The molecule has 1 unspecified atom stereocenters. The molecule has 1 fully saturated rings. The second-order valence-electron chi connectivity index (χ2n) is 8.22. The highest BCUT2D eigenvalue weighted by atomic mass is 32.2. The molecule has 0 bridgehead atoms. The molecule has 0 aliphatic heterocycles. The molecule has 0 radical (unpaired) electrons. The van der Waals surface area contributed by atoms with E-state index in [9.17, 15) is 12.8 Å². The van der Waals surface area contributed by atoms with Crippen molar-refractivity contribution >= 4 is 27.0 Å². The number of sulfonamides is 1. The topological polar surface area (TPSA) is 120 Å². The van der Waals surface area contributed by atoms with Gasteiger partial charge in [0.2, 0.25) is 21.9 Å². The zero-order valence-corrected chi connectivity index (χ0v) is 19.1. The molecule has 174 valence electrons. The summed E-state index contributed by atoms with van der Waals surface area (Å²) >= 11 is 0. The number of nitrogens with zero attached hydrogens (tertiary/aromatic N) is 3. The van der Waals surface area contributed by atoms with Gasteiger partial charge in [-0.25, -0.2) is 27.9 Å². The van der Waals surface area contributed by atoms with E-state index in [1.807, 2.05) is 19.1 Å². The minimum Gasteiger partial charge on any atom is -0.473 e. The normalized spacial score (nSPS) is 14.7. The molecule has 2 heterocycles. The van der Waals surface area contributed by atoms with Gasteiger partial charge < -0.3 is 10.1 Å². The van der Waals surface area contributed by atoms with Gasteiger partial charge in [-0.15, -0.1) is 0 Å². The highest BCUT2D eigenvalue weighted by Crippen LogP contribution is 2.32. The molecule has 0 spiro atoms. The first-order valence-corrected chi connectivity index (χ1v) is 12.3. The van der Waals surface area contributed by atoms with Crippen molar-refractivity contribution in [2.75, 3.05) is 5.32 Å². The Labute approximate surface area is 196 Å². The molecule has 2 aromatic heterocycles. The number of nitrogens with one attached hydrogen (secondary N) is 1. The van der Waals surface area contributed by atoms with Crippen LogP contribution in [0.2, 0.25) is 0 Å². The van der Waals surface area contributed by atoms with Crippen LogP contribution in [0, 0.1) is 5.82 Å². The lowest BCUT2D eigenvalue weighted by Gasteiger charge is -2.16. The standard InChI is InChI=1S/C24H22FN5O3S/c1-14(15-4-10-19(11-5-15)34(26,31)32)27-24-29-21-13-12-20(16-2-6-17(25)7-3-16)28-22(21)23(30-24)33-18-8-9-18/h2-7,10-14,18H,8-9H2,1H3,(H2,26,31,32)(H,27,29,30). The van der Waals surface area contributed by atoms with Gasteiger partial charge in [-0.2, -0.15) is 4.98 Å². The number of hydrogen-bond donors (Lipinski definition) is 2. The molecule has 10 heteroatoms. The molecular weight excluding hydrogens is 457 g/mol. The summed E-state index contributed by atoms with van der Waals surface area (Å²) in [5, 5.41) is 8.42. The van der Waals surface area contributed by atoms with Crippen LogP contribution >= 0.6 is 0 Å². The summed E-state index contributed by atoms with van der Waals surface area (Å²) in [7, 11) is -3.75. The van der Waals surface area contributed by atoms with E-state index in [4.69, 9.17) is 14.9 Å². The molecule has 34 heavy (non-hydrogen) atoms. The predicted molar refractivity (Wildman–Crippen MR) is 126 cm³/mol. The largest absolute Gasteiger partial charge is 0.473 e. The number of rotatable bonds is 7. The van der Waals surface area contributed by atoms with Gasteiger partial charge in [-0.1, -0.05) is 12.1 Å². The van der Waals surface area contributed by atoms with E-state index in [2.05, 4.69) is 15.3 Å². The molecule has 1 atom stereocenters. The van der Waals surface area contributed by atoms with Crippen molar-refractivity contribution in [2.24, 2.45) is 5.14 Å². The minimum absolute atomic E-state index is 0.0496. The predicted octanol–water partition coefficient (Wildman–Crippen LogP) is 4.19. The first-order chi connectivity index (χ1) is 16.3. The Hall–Kier alpha value is -3.63. The fraction of sp³-hybridized carbons (Fsp3) is 0.208. The average Bonchev–Trinajstić information content (AvgIpc) is 3.63. The number of fused-ring (bicyclic) bond motifs is 1. The Morgan fingerprint density at radius 2 is 1.71 bits per heavy atom. The Kier molecular flexibility index (Phi) is 5.62. The second kappa shape index (κ2) is 8.62. The van der Waals surface area contributed by atoms with E-state index in [0.717, 1.165) is 24.0 Å². The molecule has 1 aliphatic rings. The zero-order chi connectivity index (χ0) is 23.9. The van der Waals surface area contributed by atoms with E-state index < -0.39 is 10.0 Å². The fourth-order valence-electron chi connectivity index (χ4n) is 3.48. The average molecular weight is 480 g/mol. The summed E-state index contributed by atoms with van der Waals surface area (Å²) in [5.74, 6) is 0.438. The van der Waals surface area contributed by atoms with Crippen LogP contribution in [0.4, 0.5) is 10.3 Å². The van der Waals surface area contributed by atoms with Crippen LogP contribution < -0.4 is 15.2 Å². The smallest absolute Gasteiger partial charge is 0.245 e. The molecule has 5 rings (SSSR count). The maximum atomic E-state index is 13.3. The van der Waals surface area contributed by atoms with E-state index in [1.54, 1.807) is 24.3 Å². The number of anilines is 1. The van der Waals surface area contributed by atoms with Gasteiger partial charge in [0.25, 0.3) is 0 Å². The van der Waals surface area contributed by atoms with Crippen LogP contribution in [0.5, 0.6) is 5.88 Å². The van der Waals surface area contributed by atoms with Gasteiger partial charge in [-0.3, -0.25) is 0 Å². The lowest BCUT2D eigenvalue weighted by atomic mass is 10.1. The molecule has 8 nitrogen and oxygen atoms in total. The quantitative estimate of drug-likeness (QED) is 0.408. The third-order valence-electron chi connectivity index (χ3n) is 5.51. The van der Waals surface area contributed by atoms with E-state index in [1.165, 1.54) is 24.3 Å². The zero-order valence-electron chi connectivity index (χ0n) is 18.3. The highest BCUT2D eigenvalue weighted by Gasteiger charge is 2.26. The van der Waals surface area contributed by atoms with Crippen molar-refractivity contribution in [2.45, 2.75) is 36.8 Å². The third-order valence-corrected chi connectivity index (χ3v) is 6.44. The van der Waals surface area contributed by atoms with Crippen molar-refractivity contribution in [3.63, 3.8) is 0 Å². The van der Waals surface area contributed by atoms with Crippen LogP contribution in [0.1, 0.15) is 31.4 Å².